The van der Waals surface area contributed by atoms with Gasteiger partial charge in [-0.3, -0.25) is 4.79 Å². The summed E-state index contributed by atoms with van der Waals surface area (Å²) >= 11 is 0. The standard InChI is InChI=1S/C20H24O/c1-15(19(21)17-8-6-5-7-9-17)14-16-10-12-18(13-11-16)20(2,3)4/h5-13,15H,14H2,1-4H3. The predicted molar refractivity (Wildman–Crippen MR) is 88.8 cm³/mol. The normalized spacial score (nSPS) is 13.0. The molecule has 0 amide bonds. The van der Waals surface area contributed by atoms with E-state index in [4.69, 9.17) is 0 Å². The third-order valence-electron chi connectivity index (χ3n) is 3.87. The first-order chi connectivity index (χ1) is 9.88. The lowest BCUT2D eigenvalue weighted by atomic mass is 9.85. The summed E-state index contributed by atoms with van der Waals surface area (Å²) in [7, 11) is 0. The fraction of sp³-hybridized carbons (Fsp3) is 0.350. The van der Waals surface area contributed by atoms with E-state index in [1.165, 1.54) is 11.1 Å². The number of rotatable bonds is 4. The van der Waals surface area contributed by atoms with Crippen LogP contribution in [0.15, 0.2) is 54.6 Å². The van der Waals surface area contributed by atoms with Crippen molar-refractivity contribution in [2.45, 2.75) is 39.5 Å². The van der Waals surface area contributed by atoms with Crippen LogP contribution in [0.1, 0.15) is 49.2 Å². The molecule has 0 radical (unpaired) electrons. The molecule has 2 rings (SSSR count). The second-order valence-electron chi connectivity index (χ2n) is 6.78. The highest BCUT2D eigenvalue weighted by Gasteiger charge is 2.16. The maximum absolute atomic E-state index is 12.4. The molecular weight excluding hydrogens is 256 g/mol. The van der Waals surface area contributed by atoms with Gasteiger partial charge in [0.1, 0.15) is 0 Å². The molecule has 0 aliphatic carbocycles. The SMILES string of the molecule is CC(Cc1ccc(C(C)(C)C)cc1)C(=O)c1ccccc1. The van der Waals surface area contributed by atoms with Gasteiger partial charge in [0.25, 0.3) is 0 Å². The molecule has 1 atom stereocenters. The minimum atomic E-state index is 0.00730. The summed E-state index contributed by atoms with van der Waals surface area (Å²) < 4.78 is 0. The molecule has 1 nitrogen and oxygen atoms in total. The molecule has 2 aromatic carbocycles. The molecule has 1 unspecified atom stereocenters. The van der Waals surface area contributed by atoms with Crippen molar-refractivity contribution in [3.63, 3.8) is 0 Å². The van der Waals surface area contributed by atoms with Crippen molar-refractivity contribution < 1.29 is 4.79 Å². The number of carbonyl (C=O) groups is 1. The lowest BCUT2D eigenvalue weighted by Gasteiger charge is -2.19. The van der Waals surface area contributed by atoms with Gasteiger partial charge in [-0.2, -0.15) is 0 Å². The fourth-order valence-electron chi connectivity index (χ4n) is 2.47. The lowest BCUT2D eigenvalue weighted by Crippen LogP contribution is -2.14. The summed E-state index contributed by atoms with van der Waals surface area (Å²) in [6, 6.07) is 18.2. The quantitative estimate of drug-likeness (QED) is 0.717. The monoisotopic (exact) mass is 280 g/mol. The number of benzene rings is 2. The van der Waals surface area contributed by atoms with Crippen molar-refractivity contribution in [1.82, 2.24) is 0 Å². The molecule has 0 aliphatic heterocycles. The Morgan fingerprint density at radius 1 is 0.952 bits per heavy atom. The Bertz CT molecular complexity index is 588. The van der Waals surface area contributed by atoms with E-state index in [0.29, 0.717) is 0 Å². The summed E-state index contributed by atoms with van der Waals surface area (Å²) in [5.41, 5.74) is 3.52. The highest BCUT2D eigenvalue weighted by Crippen LogP contribution is 2.23. The molecule has 0 bridgehead atoms. The Balaban J connectivity index is 2.06. The molecule has 0 saturated carbocycles. The first-order valence-electron chi connectivity index (χ1n) is 7.56. The molecule has 0 aliphatic rings. The zero-order chi connectivity index (χ0) is 15.5. The van der Waals surface area contributed by atoms with Gasteiger partial charge in [-0.25, -0.2) is 0 Å². The van der Waals surface area contributed by atoms with Gasteiger partial charge in [0, 0.05) is 11.5 Å². The number of hydrogen-bond acceptors (Lipinski definition) is 1. The Morgan fingerprint density at radius 3 is 2.05 bits per heavy atom. The van der Waals surface area contributed by atoms with Crippen LogP contribution in [-0.4, -0.2) is 5.78 Å². The summed E-state index contributed by atoms with van der Waals surface area (Å²) in [4.78, 5) is 12.4. The van der Waals surface area contributed by atoms with Gasteiger partial charge >= 0.3 is 0 Å². The van der Waals surface area contributed by atoms with Gasteiger partial charge in [0.05, 0.1) is 0 Å². The average Bonchev–Trinajstić information content (AvgIpc) is 2.47. The molecule has 0 aromatic heterocycles. The van der Waals surface area contributed by atoms with Gasteiger partial charge in [-0.15, -0.1) is 0 Å². The van der Waals surface area contributed by atoms with Crippen LogP contribution in [0.25, 0.3) is 0 Å². The first-order valence-corrected chi connectivity index (χ1v) is 7.56. The van der Waals surface area contributed by atoms with E-state index < -0.39 is 0 Å². The van der Waals surface area contributed by atoms with Crippen molar-refractivity contribution in [3.8, 4) is 0 Å². The second kappa shape index (κ2) is 6.26. The van der Waals surface area contributed by atoms with Crippen LogP contribution in [-0.2, 0) is 11.8 Å². The Hall–Kier alpha value is -1.89. The summed E-state index contributed by atoms with van der Waals surface area (Å²) in [6.07, 6.45) is 0.790. The van der Waals surface area contributed by atoms with E-state index in [9.17, 15) is 4.79 Å². The van der Waals surface area contributed by atoms with E-state index in [2.05, 4.69) is 45.0 Å². The van der Waals surface area contributed by atoms with Crippen LogP contribution in [0.5, 0.6) is 0 Å². The minimum absolute atomic E-state index is 0.00730. The molecule has 1 heteroatoms. The molecule has 0 heterocycles. The lowest BCUT2D eigenvalue weighted by molar-refractivity contribution is 0.0929. The van der Waals surface area contributed by atoms with E-state index >= 15 is 0 Å². The molecular formula is C20H24O. The Morgan fingerprint density at radius 2 is 1.52 bits per heavy atom. The van der Waals surface area contributed by atoms with Crippen LogP contribution >= 0.6 is 0 Å². The highest BCUT2D eigenvalue weighted by atomic mass is 16.1. The van der Waals surface area contributed by atoms with Crippen LogP contribution < -0.4 is 0 Å². The van der Waals surface area contributed by atoms with Gasteiger partial charge < -0.3 is 0 Å². The van der Waals surface area contributed by atoms with E-state index in [1.807, 2.05) is 37.3 Å². The molecule has 0 fully saturated rings. The van der Waals surface area contributed by atoms with Crippen molar-refractivity contribution in [1.29, 1.82) is 0 Å². The zero-order valence-corrected chi connectivity index (χ0v) is 13.4. The Labute approximate surface area is 128 Å². The van der Waals surface area contributed by atoms with Gasteiger partial charge in [-0.1, -0.05) is 82.3 Å². The second-order valence-corrected chi connectivity index (χ2v) is 6.78. The average molecular weight is 280 g/mol. The Kier molecular flexibility index (Phi) is 4.62. The summed E-state index contributed by atoms with van der Waals surface area (Å²) in [6.45, 7) is 8.64. The van der Waals surface area contributed by atoms with Crippen LogP contribution in [0, 0.1) is 5.92 Å². The van der Waals surface area contributed by atoms with E-state index in [0.717, 1.165) is 12.0 Å². The minimum Gasteiger partial charge on any atom is -0.294 e. The number of Topliss-reactive ketones (excluding diaryl/α,β-unsaturated/α-hetero) is 1. The van der Waals surface area contributed by atoms with Gasteiger partial charge in [0.15, 0.2) is 5.78 Å². The molecule has 0 N–H and O–H groups in total. The summed E-state index contributed by atoms with van der Waals surface area (Å²) in [5, 5.41) is 0. The molecule has 21 heavy (non-hydrogen) atoms. The maximum Gasteiger partial charge on any atom is 0.165 e. The highest BCUT2D eigenvalue weighted by molar-refractivity contribution is 5.97. The molecule has 2 aromatic rings. The van der Waals surface area contributed by atoms with Crippen LogP contribution in [0.3, 0.4) is 0 Å². The van der Waals surface area contributed by atoms with Crippen molar-refractivity contribution in [2.75, 3.05) is 0 Å². The number of carbonyl (C=O) groups excluding carboxylic acids is 1. The van der Waals surface area contributed by atoms with E-state index in [1.54, 1.807) is 0 Å². The van der Waals surface area contributed by atoms with Crippen molar-refractivity contribution >= 4 is 5.78 Å². The molecule has 0 spiro atoms. The maximum atomic E-state index is 12.4. The van der Waals surface area contributed by atoms with Crippen LogP contribution in [0.2, 0.25) is 0 Å². The van der Waals surface area contributed by atoms with Crippen molar-refractivity contribution in [3.05, 3.63) is 71.3 Å². The molecule has 110 valence electrons. The zero-order valence-electron chi connectivity index (χ0n) is 13.4. The predicted octanol–water partition coefficient (Wildman–Crippen LogP) is 5.05. The smallest absolute Gasteiger partial charge is 0.165 e. The fourth-order valence-corrected chi connectivity index (χ4v) is 2.47. The van der Waals surface area contributed by atoms with Crippen molar-refractivity contribution in [2.24, 2.45) is 5.92 Å². The third kappa shape index (κ3) is 4.04. The van der Waals surface area contributed by atoms with Crippen LogP contribution in [0.4, 0.5) is 0 Å². The first kappa shape index (κ1) is 15.5. The topological polar surface area (TPSA) is 17.1 Å². The van der Waals surface area contributed by atoms with Gasteiger partial charge in [0.2, 0.25) is 0 Å². The van der Waals surface area contributed by atoms with E-state index in [-0.39, 0.29) is 17.1 Å². The number of ketones is 1. The summed E-state index contributed by atoms with van der Waals surface area (Å²) in [5.74, 6) is 0.225. The largest absolute Gasteiger partial charge is 0.294 e. The third-order valence-corrected chi connectivity index (χ3v) is 3.87. The molecule has 0 saturated heterocycles. The number of hydrogen-bond donors (Lipinski definition) is 0. The van der Waals surface area contributed by atoms with Gasteiger partial charge in [-0.05, 0) is 23.0 Å².